The summed E-state index contributed by atoms with van der Waals surface area (Å²) in [6.07, 6.45) is 20.2. The van der Waals surface area contributed by atoms with E-state index < -0.39 is 0 Å². The molecule has 164 valence electrons. The Morgan fingerprint density at radius 1 is 1.07 bits per heavy atom. The van der Waals surface area contributed by atoms with Gasteiger partial charge >= 0.3 is 0 Å². The van der Waals surface area contributed by atoms with Crippen molar-refractivity contribution in [2.45, 2.75) is 74.7 Å². The van der Waals surface area contributed by atoms with Gasteiger partial charge in [-0.3, -0.25) is 0 Å². The first-order valence-electron chi connectivity index (χ1n) is 10.3. The molecule has 1 rings (SSSR count). The fraction of sp³-hybridized carbons (Fsp3) is 0.520. The van der Waals surface area contributed by atoms with Crippen molar-refractivity contribution >= 4 is 12.9 Å². The van der Waals surface area contributed by atoms with Crippen molar-refractivity contribution in [1.29, 1.82) is 0 Å². The molecule has 0 unspecified atom stereocenters. The van der Waals surface area contributed by atoms with Gasteiger partial charge in [0.1, 0.15) is 0 Å². The molecule has 1 N–H and O–H groups in total. The summed E-state index contributed by atoms with van der Waals surface area (Å²) in [5.74, 6) is 0. The Morgan fingerprint density at radius 3 is 1.89 bits per heavy atom. The molecule has 0 bridgehead atoms. The zero-order valence-electron chi connectivity index (χ0n) is 20.0. The average Bonchev–Trinajstić information content (AvgIpc) is 2.90. The topological polar surface area (TPSA) is 23.5 Å². The normalized spacial score (nSPS) is 13.2. The molecular weight excluding hydrogens is 362 g/mol. The van der Waals surface area contributed by atoms with E-state index >= 15 is 0 Å². The zero-order valence-corrected chi connectivity index (χ0v) is 20.9. The van der Waals surface area contributed by atoms with Gasteiger partial charge in [0.05, 0.1) is 0 Å². The summed E-state index contributed by atoms with van der Waals surface area (Å²) in [5.41, 5.74) is 2.28. The van der Waals surface area contributed by atoms with Crippen LogP contribution >= 0.6 is 12.9 Å². The first-order chi connectivity index (χ1) is 13.3. The Balaban J connectivity index is -0.000000219. The molecule has 0 spiro atoms. The van der Waals surface area contributed by atoms with Crippen LogP contribution in [-0.4, -0.2) is 16.5 Å². The van der Waals surface area contributed by atoms with Crippen LogP contribution < -0.4 is 0 Å². The van der Waals surface area contributed by atoms with E-state index in [4.69, 9.17) is 4.55 Å². The van der Waals surface area contributed by atoms with E-state index in [1.165, 1.54) is 19.3 Å². The van der Waals surface area contributed by atoms with Crippen molar-refractivity contribution in [3.05, 3.63) is 73.2 Å². The lowest BCUT2D eigenvalue weighted by molar-refractivity contribution is 0.552. The van der Waals surface area contributed by atoms with Crippen LogP contribution in [0.4, 0.5) is 0 Å². The maximum Gasteiger partial charge on any atom is 0.0405 e. The molecule has 0 aromatic rings. The van der Waals surface area contributed by atoms with Gasteiger partial charge in [-0.15, -0.1) is 0 Å². The molecule has 1 aliphatic carbocycles. The molecule has 3 heteroatoms. The number of nitrogens with zero attached hydrogens (tertiary/aromatic N) is 1. The lowest BCUT2D eigenvalue weighted by Crippen LogP contribution is -2.14. The summed E-state index contributed by atoms with van der Waals surface area (Å²) in [5, 5.41) is 0. The molecular formula is C25H47NOS. The fourth-order valence-electron chi connectivity index (χ4n) is 1.62. The van der Waals surface area contributed by atoms with E-state index in [0.717, 1.165) is 11.4 Å². The van der Waals surface area contributed by atoms with Crippen molar-refractivity contribution in [3.63, 3.8) is 0 Å². The standard InChI is InChI=1S/C16H21N.C4H10.C3H8.C2H6.H2OS/c1-6-9-14(7-2)17(5)15-10-8-12-16(3,4)13-11-15;1-3-4-2;1-3-2;2*1-2/h6-13H,1-2H2,3-5H3;3-4H2,1-2H3;3H2,1-2H3;1-2H3;1-2H/b14-9+;;;;. The van der Waals surface area contributed by atoms with Crippen LogP contribution in [0.3, 0.4) is 0 Å². The van der Waals surface area contributed by atoms with Crippen LogP contribution in [0.1, 0.15) is 74.7 Å². The minimum absolute atomic E-state index is 0.107. The van der Waals surface area contributed by atoms with Gasteiger partial charge in [-0.1, -0.05) is 112 Å². The van der Waals surface area contributed by atoms with E-state index in [1.54, 1.807) is 6.08 Å². The summed E-state index contributed by atoms with van der Waals surface area (Å²) in [6.45, 7) is 24.5. The van der Waals surface area contributed by atoms with Crippen molar-refractivity contribution in [2.75, 3.05) is 7.05 Å². The number of thiol groups is 1. The molecule has 0 heterocycles. The lowest BCUT2D eigenvalue weighted by Gasteiger charge is -2.21. The molecule has 0 radical (unpaired) electrons. The summed E-state index contributed by atoms with van der Waals surface area (Å²) < 4.78 is 6.69. The lowest BCUT2D eigenvalue weighted by atomic mass is 9.93. The molecule has 28 heavy (non-hydrogen) atoms. The van der Waals surface area contributed by atoms with Crippen molar-refractivity contribution in [1.82, 2.24) is 4.90 Å². The van der Waals surface area contributed by atoms with Crippen LogP contribution in [0.25, 0.3) is 0 Å². The number of hydrogen-bond donors (Lipinski definition) is 2. The number of unbranched alkanes of at least 4 members (excludes halogenated alkanes) is 1. The van der Waals surface area contributed by atoms with Crippen LogP contribution in [0.5, 0.6) is 0 Å². The summed E-state index contributed by atoms with van der Waals surface area (Å²) in [7, 11) is 2.03. The summed E-state index contributed by atoms with van der Waals surface area (Å²) in [4.78, 5) is 2.09. The second-order valence-electron chi connectivity index (χ2n) is 6.40. The Kier molecular flexibility index (Phi) is 31.1. The second-order valence-corrected chi connectivity index (χ2v) is 6.40. The Hall–Kier alpha value is -1.45. The maximum atomic E-state index is 6.69. The largest absolute Gasteiger partial charge is 0.345 e. The van der Waals surface area contributed by atoms with Crippen LogP contribution in [0, 0.1) is 5.41 Å². The van der Waals surface area contributed by atoms with Gasteiger partial charge in [0, 0.05) is 23.9 Å². The predicted molar refractivity (Wildman–Crippen MR) is 136 cm³/mol. The average molecular weight is 410 g/mol. The molecule has 0 saturated carbocycles. The monoisotopic (exact) mass is 409 g/mol. The molecule has 0 aliphatic heterocycles. The van der Waals surface area contributed by atoms with E-state index in [9.17, 15) is 0 Å². The summed E-state index contributed by atoms with van der Waals surface area (Å²) >= 11 is 2.53. The molecule has 0 atom stereocenters. The molecule has 0 fully saturated rings. The molecule has 1 aliphatic rings. The molecule has 0 aromatic carbocycles. The summed E-state index contributed by atoms with van der Waals surface area (Å²) in [6, 6.07) is 0. The first kappa shape index (κ1) is 34.1. The van der Waals surface area contributed by atoms with Gasteiger partial charge in [0.25, 0.3) is 0 Å². The third-order valence-corrected chi connectivity index (χ3v) is 3.25. The first-order valence-corrected chi connectivity index (χ1v) is 10.7. The van der Waals surface area contributed by atoms with Crippen molar-refractivity contribution in [2.24, 2.45) is 5.41 Å². The van der Waals surface area contributed by atoms with Gasteiger partial charge < -0.3 is 9.45 Å². The van der Waals surface area contributed by atoms with Crippen LogP contribution in [0.15, 0.2) is 73.2 Å². The minimum atomic E-state index is 0.107. The van der Waals surface area contributed by atoms with Gasteiger partial charge in [-0.2, -0.15) is 0 Å². The molecule has 0 saturated heterocycles. The molecule has 0 aromatic heterocycles. The van der Waals surface area contributed by atoms with Gasteiger partial charge in [-0.05, 0) is 37.2 Å². The predicted octanol–water partition coefficient (Wildman–Crippen LogP) is 8.85. The van der Waals surface area contributed by atoms with E-state index in [-0.39, 0.29) is 5.41 Å². The van der Waals surface area contributed by atoms with E-state index in [0.29, 0.717) is 0 Å². The van der Waals surface area contributed by atoms with Gasteiger partial charge in [0.2, 0.25) is 0 Å². The van der Waals surface area contributed by atoms with E-state index in [1.807, 2.05) is 33.0 Å². The number of allylic oxidation sites excluding steroid dienone is 8. The zero-order chi connectivity index (χ0) is 23.0. The maximum absolute atomic E-state index is 6.69. The molecule has 2 nitrogen and oxygen atoms in total. The minimum Gasteiger partial charge on any atom is -0.345 e. The number of rotatable bonds is 5. The number of hydrogen-bond acceptors (Lipinski definition) is 3. The highest BCUT2D eigenvalue weighted by atomic mass is 32.1. The van der Waals surface area contributed by atoms with Crippen LogP contribution in [0.2, 0.25) is 0 Å². The van der Waals surface area contributed by atoms with Gasteiger partial charge in [-0.25, -0.2) is 0 Å². The van der Waals surface area contributed by atoms with Gasteiger partial charge in [0.15, 0.2) is 0 Å². The number of likely N-dealkylation sites (N-methyl/N-ethyl adjacent to an activating group) is 1. The Morgan fingerprint density at radius 2 is 1.54 bits per heavy atom. The Labute approximate surface area is 182 Å². The highest BCUT2D eigenvalue weighted by molar-refractivity contribution is 7.74. The van der Waals surface area contributed by atoms with Crippen molar-refractivity contribution < 1.29 is 4.55 Å². The third kappa shape index (κ3) is 20.9. The third-order valence-electron chi connectivity index (χ3n) is 3.25. The smallest absolute Gasteiger partial charge is 0.0405 e. The molecule has 0 amide bonds. The Bertz CT molecular complexity index is 469. The highest BCUT2D eigenvalue weighted by Gasteiger charge is 2.12. The quantitative estimate of drug-likeness (QED) is 0.269. The van der Waals surface area contributed by atoms with E-state index in [2.05, 4.69) is 103 Å². The SMILES string of the molecule is C=C/C=C(\C=C)N(C)C1=CC=CC(C)(C)C=C1.CC.CCC.CCCC.OS. The highest BCUT2D eigenvalue weighted by Crippen LogP contribution is 2.24. The second kappa shape index (κ2) is 25.6. The van der Waals surface area contributed by atoms with Crippen LogP contribution in [-0.2, 0) is 0 Å². The fourth-order valence-corrected chi connectivity index (χ4v) is 1.62. The van der Waals surface area contributed by atoms with Crippen molar-refractivity contribution in [3.8, 4) is 0 Å².